The average molecular weight is 374 g/mol. The van der Waals surface area contributed by atoms with E-state index in [1.165, 1.54) is 0 Å². The Morgan fingerprint density at radius 2 is 2.37 bits per heavy atom. The molecule has 1 aromatic rings. The molecule has 1 spiro atoms. The number of aromatic amines is 1. The van der Waals surface area contributed by atoms with Crippen LogP contribution in [0.4, 0.5) is 0 Å². The second kappa shape index (κ2) is 6.76. The summed E-state index contributed by atoms with van der Waals surface area (Å²) in [7, 11) is 1.75. The van der Waals surface area contributed by atoms with Crippen LogP contribution in [0.25, 0.3) is 0 Å². The number of hydrogen-bond acceptors (Lipinski definition) is 5. The van der Waals surface area contributed by atoms with Gasteiger partial charge in [-0.1, -0.05) is 12.2 Å². The van der Waals surface area contributed by atoms with Crippen LogP contribution in [-0.4, -0.2) is 76.9 Å². The molecule has 2 unspecified atom stereocenters. The van der Waals surface area contributed by atoms with Gasteiger partial charge in [-0.25, -0.2) is 0 Å². The Morgan fingerprint density at radius 3 is 3.07 bits per heavy atom. The summed E-state index contributed by atoms with van der Waals surface area (Å²) < 4.78 is 11.5. The Balaban J connectivity index is 1.49. The topological polar surface area (TPSA) is 87.8 Å². The number of hydrogen-bond donors (Lipinski definition) is 1. The number of aromatic nitrogens is 2. The number of likely N-dealkylation sites (tertiary alicyclic amines) is 1. The highest BCUT2D eigenvalue weighted by Crippen LogP contribution is 2.52. The molecule has 2 amide bonds. The summed E-state index contributed by atoms with van der Waals surface area (Å²) in [4.78, 5) is 29.6. The third-order valence-corrected chi connectivity index (χ3v) is 5.71. The molecule has 0 aliphatic carbocycles. The first-order valence-electron chi connectivity index (χ1n) is 9.45. The monoisotopic (exact) mass is 374 g/mol. The molecule has 0 aromatic carbocycles. The fourth-order valence-electron chi connectivity index (χ4n) is 4.50. The normalized spacial score (nSPS) is 31.0. The van der Waals surface area contributed by atoms with Crippen molar-refractivity contribution in [2.75, 3.05) is 33.4 Å². The minimum absolute atomic E-state index is 0.0103. The number of rotatable bonds is 7. The summed E-state index contributed by atoms with van der Waals surface area (Å²) in [5, 5.41) is 7.08. The van der Waals surface area contributed by atoms with Crippen LogP contribution in [0.2, 0.25) is 0 Å². The standard InChI is InChI=1S/C19H26N4O4/c1-4-26-8-7-23-11-19-6-5-14(27-19)15(16(19)18(23)25)17(24)22(3)10-13-9-12(2)20-21-13/h5-6,9,14-16H,4,7-8,10-11H2,1-3H3,(H,20,21)/t14-,15?,16?,19-/m1/s1. The van der Waals surface area contributed by atoms with Gasteiger partial charge in [0, 0.05) is 25.9 Å². The molecule has 4 rings (SSSR count). The van der Waals surface area contributed by atoms with Crippen molar-refractivity contribution in [3.8, 4) is 0 Å². The van der Waals surface area contributed by atoms with Gasteiger partial charge in [-0.15, -0.1) is 0 Å². The number of H-pyrrole nitrogens is 1. The van der Waals surface area contributed by atoms with Gasteiger partial charge < -0.3 is 19.3 Å². The Hall–Kier alpha value is -2.19. The number of nitrogens with zero attached hydrogens (tertiary/aromatic N) is 3. The van der Waals surface area contributed by atoms with Gasteiger partial charge in [0.1, 0.15) is 5.60 Å². The summed E-state index contributed by atoms with van der Waals surface area (Å²) in [6.45, 7) is 6.38. The zero-order chi connectivity index (χ0) is 19.2. The molecule has 0 radical (unpaired) electrons. The van der Waals surface area contributed by atoms with Gasteiger partial charge in [-0.3, -0.25) is 14.7 Å². The Bertz CT molecular complexity index is 776. The summed E-state index contributed by atoms with van der Waals surface area (Å²) in [6.07, 6.45) is 3.58. The van der Waals surface area contributed by atoms with Gasteiger partial charge in [-0.2, -0.15) is 5.10 Å². The molecule has 4 heterocycles. The minimum Gasteiger partial charge on any atom is -0.380 e. The third kappa shape index (κ3) is 2.96. The van der Waals surface area contributed by atoms with Gasteiger partial charge in [0.25, 0.3) is 0 Å². The maximum absolute atomic E-state index is 13.2. The second-order valence-corrected chi connectivity index (χ2v) is 7.59. The van der Waals surface area contributed by atoms with Gasteiger partial charge in [0.15, 0.2) is 0 Å². The molecule has 3 aliphatic heterocycles. The molecule has 0 saturated carbocycles. The molecule has 2 bridgehead atoms. The van der Waals surface area contributed by atoms with Gasteiger partial charge in [0.05, 0.1) is 43.3 Å². The Kier molecular flexibility index (Phi) is 4.55. The highest BCUT2D eigenvalue weighted by atomic mass is 16.5. The molecule has 27 heavy (non-hydrogen) atoms. The van der Waals surface area contributed by atoms with Crippen LogP contribution < -0.4 is 0 Å². The van der Waals surface area contributed by atoms with Gasteiger partial charge in [0.2, 0.25) is 11.8 Å². The molecule has 2 fully saturated rings. The van der Waals surface area contributed by atoms with E-state index in [2.05, 4.69) is 10.2 Å². The largest absolute Gasteiger partial charge is 0.380 e. The quantitative estimate of drug-likeness (QED) is 0.555. The van der Waals surface area contributed by atoms with Crippen LogP contribution in [0.1, 0.15) is 18.3 Å². The zero-order valence-electron chi connectivity index (χ0n) is 16.0. The second-order valence-electron chi connectivity index (χ2n) is 7.59. The molecular weight excluding hydrogens is 348 g/mol. The van der Waals surface area contributed by atoms with Crippen molar-refractivity contribution < 1.29 is 19.1 Å². The summed E-state index contributed by atoms with van der Waals surface area (Å²) in [5.74, 6) is -1.02. The van der Waals surface area contributed by atoms with E-state index in [9.17, 15) is 9.59 Å². The molecule has 8 heteroatoms. The first-order valence-corrected chi connectivity index (χ1v) is 9.45. The number of aryl methyl sites for hydroxylation is 1. The van der Waals surface area contributed by atoms with Gasteiger partial charge >= 0.3 is 0 Å². The molecule has 1 N–H and O–H groups in total. The maximum atomic E-state index is 13.2. The van der Waals surface area contributed by atoms with Crippen molar-refractivity contribution in [1.82, 2.24) is 20.0 Å². The van der Waals surface area contributed by atoms with E-state index in [1.807, 2.05) is 32.1 Å². The lowest BCUT2D eigenvalue weighted by molar-refractivity contribution is -0.143. The maximum Gasteiger partial charge on any atom is 0.230 e. The molecule has 3 aliphatic rings. The SMILES string of the molecule is CCOCCN1C[C@@]23C=C[C@@H](O2)C(C(=O)N(C)Cc2cc(C)[nH]n2)C3C1=O. The van der Waals surface area contributed by atoms with Crippen LogP contribution in [0.15, 0.2) is 18.2 Å². The number of amides is 2. The van der Waals surface area contributed by atoms with E-state index < -0.39 is 17.4 Å². The summed E-state index contributed by atoms with van der Waals surface area (Å²) >= 11 is 0. The van der Waals surface area contributed by atoms with Crippen LogP contribution in [-0.2, 0) is 25.6 Å². The van der Waals surface area contributed by atoms with E-state index in [-0.39, 0.29) is 17.9 Å². The molecule has 4 atom stereocenters. The lowest BCUT2D eigenvalue weighted by atomic mass is 9.76. The Labute approximate surface area is 158 Å². The average Bonchev–Trinajstić information content (AvgIpc) is 3.37. The number of fused-ring (bicyclic) bond motifs is 1. The van der Waals surface area contributed by atoms with Crippen molar-refractivity contribution in [2.24, 2.45) is 11.8 Å². The minimum atomic E-state index is -0.669. The zero-order valence-corrected chi connectivity index (χ0v) is 16.0. The number of carbonyl (C=O) groups excluding carboxylic acids is 2. The number of carbonyl (C=O) groups is 2. The van der Waals surface area contributed by atoms with Crippen LogP contribution >= 0.6 is 0 Å². The van der Waals surface area contributed by atoms with Crippen LogP contribution in [0.3, 0.4) is 0 Å². The predicted octanol–water partition coefficient (Wildman–Crippen LogP) is 0.495. The fraction of sp³-hybridized carbons (Fsp3) is 0.632. The van der Waals surface area contributed by atoms with E-state index in [4.69, 9.17) is 9.47 Å². The van der Waals surface area contributed by atoms with E-state index in [0.29, 0.717) is 32.8 Å². The molecule has 146 valence electrons. The molecule has 2 saturated heterocycles. The van der Waals surface area contributed by atoms with Crippen LogP contribution in [0.5, 0.6) is 0 Å². The third-order valence-electron chi connectivity index (χ3n) is 5.71. The van der Waals surface area contributed by atoms with Gasteiger partial charge in [-0.05, 0) is 19.9 Å². The highest BCUT2D eigenvalue weighted by Gasteiger charge is 2.66. The first-order chi connectivity index (χ1) is 12.9. The van der Waals surface area contributed by atoms with E-state index >= 15 is 0 Å². The number of nitrogens with one attached hydrogen (secondary N) is 1. The lowest BCUT2D eigenvalue weighted by Crippen LogP contribution is -2.44. The van der Waals surface area contributed by atoms with Crippen molar-refractivity contribution >= 4 is 11.8 Å². The van der Waals surface area contributed by atoms with E-state index in [1.54, 1.807) is 16.8 Å². The highest BCUT2D eigenvalue weighted by molar-refractivity contribution is 5.93. The predicted molar refractivity (Wildman–Crippen MR) is 96.6 cm³/mol. The van der Waals surface area contributed by atoms with Crippen molar-refractivity contribution in [3.63, 3.8) is 0 Å². The molecular formula is C19H26N4O4. The molecule has 8 nitrogen and oxygen atoms in total. The lowest BCUT2D eigenvalue weighted by Gasteiger charge is -2.27. The smallest absolute Gasteiger partial charge is 0.230 e. The fourth-order valence-corrected chi connectivity index (χ4v) is 4.50. The van der Waals surface area contributed by atoms with Crippen molar-refractivity contribution in [2.45, 2.75) is 32.1 Å². The number of ether oxygens (including phenoxy) is 2. The van der Waals surface area contributed by atoms with E-state index in [0.717, 1.165) is 11.4 Å². The summed E-state index contributed by atoms with van der Waals surface area (Å²) in [6, 6.07) is 1.92. The summed E-state index contributed by atoms with van der Waals surface area (Å²) in [5.41, 5.74) is 1.08. The first kappa shape index (κ1) is 18.2. The molecule has 1 aromatic heterocycles. The van der Waals surface area contributed by atoms with Crippen molar-refractivity contribution in [3.05, 3.63) is 29.6 Å². The Morgan fingerprint density at radius 1 is 1.56 bits per heavy atom. The van der Waals surface area contributed by atoms with Crippen molar-refractivity contribution in [1.29, 1.82) is 0 Å². The van der Waals surface area contributed by atoms with Crippen LogP contribution in [0, 0.1) is 18.8 Å².